The second-order valence-electron chi connectivity index (χ2n) is 6.45. The van der Waals surface area contributed by atoms with Crippen molar-refractivity contribution in [3.63, 3.8) is 0 Å². The summed E-state index contributed by atoms with van der Waals surface area (Å²) in [6, 6.07) is 6.55. The first kappa shape index (κ1) is 14.2. The van der Waals surface area contributed by atoms with Crippen LogP contribution in [0.4, 0.5) is 5.69 Å². The molecule has 1 amide bonds. The van der Waals surface area contributed by atoms with Gasteiger partial charge in [0.15, 0.2) is 0 Å². The van der Waals surface area contributed by atoms with Crippen molar-refractivity contribution in [1.29, 1.82) is 0 Å². The van der Waals surface area contributed by atoms with E-state index in [4.69, 9.17) is 4.74 Å². The van der Waals surface area contributed by atoms with Gasteiger partial charge in [-0.3, -0.25) is 4.79 Å². The van der Waals surface area contributed by atoms with Crippen molar-refractivity contribution in [2.45, 2.75) is 39.2 Å². The van der Waals surface area contributed by atoms with Crippen molar-refractivity contribution < 1.29 is 9.53 Å². The number of ether oxygens (including phenoxy) is 1. The van der Waals surface area contributed by atoms with Crippen LogP contribution in [-0.4, -0.2) is 31.6 Å². The number of hydrogen-bond donors (Lipinski definition) is 1. The number of carbonyl (C=O) groups excluding carboxylic acids is 1. The largest absolute Gasteiger partial charge is 0.493 e. The van der Waals surface area contributed by atoms with Crippen LogP contribution in [0.15, 0.2) is 18.2 Å². The van der Waals surface area contributed by atoms with Crippen molar-refractivity contribution in [3.05, 3.63) is 23.8 Å². The van der Waals surface area contributed by atoms with Crippen LogP contribution in [0.2, 0.25) is 0 Å². The van der Waals surface area contributed by atoms with Crippen molar-refractivity contribution in [2.75, 3.05) is 24.6 Å². The van der Waals surface area contributed by atoms with E-state index < -0.39 is 0 Å². The molecule has 3 rings (SSSR count). The van der Waals surface area contributed by atoms with E-state index >= 15 is 0 Å². The minimum atomic E-state index is 0.179. The van der Waals surface area contributed by atoms with Gasteiger partial charge in [0.2, 0.25) is 5.91 Å². The standard InChI is InChI=1S/C17H24N2O2/c1-12(2)10-17(20)18-13-6-8-19(11-13)15-4-3-5-16-14(15)7-9-21-16/h3-5,12-13H,6-11H2,1-2H3,(H,18,20). The molecule has 1 unspecified atom stereocenters. The van der Waals surface area contributed by atoms with Gasteiger partial charge in [0.1, 0.15) is 5.75 Å². The van der Waals surface area contributed by atoms with E-state index in [-0.39, 0.29) is 11.9 Å². The number of benzene rings is 1. The molecule has 2 aliphatic heterocycles. The number of carbonyl (C=O) groups is 1. The Kier molecular flexibility index (Phi) is 4.04. The third kappa shape index (κ3) is 3.14. The molecule has 4 heteroatoms. The number of anilines is 1. The molecule has 1 saturated heterocycles. The first-order valence-electron chi connectivity index (χ1n) is 7.92. The monoisotopic (exact) mass is 288 g/mol. The number of hydrogen-bond acceptors (Lipinski definition) is 3. The van der Waals surface area contributed by atoms with Crippen LogP contribution in [0.25, 0.3) is 0 Å². The average Bonchev–Trinajstić information content (AvgIpc) is 3.05. The highest BCUT2D eigenvalue weighted by Crippen LogP contribution is 2.35. The third-order valence-electron chi connectivity index (χ3n) is 4.21. The van der Waals surface area contributed by atoms with Crippen LogP contribution < -0.4 is 15.0 Å². The zero-order valence-electron chi connectivity index (χ0n) is 12.9. The second-order valence-corrected chi connectivity index (χ2v) is 6.45. The highest BCUT2D eigenvalue weighted by molar-refractivity contribution is 5.76. The summed E-state index contributed by atoms with van der Waals surface area (Å²) in [5.41, 5.74) is 2.61. The van der Waals surface area contributed by atoms with Gasteiger partial charge in [0.05, 0.1) is 6.61 Å². The van der Waals surface area contributed by atoms with Gasteiger partial charge in [0.25, 0.3) is 0 Å². The fourth-order valence-electron chi connectivity index (χ4n) is 3.25. The Morgan fingerprint density at radius 3 is 3.14 bits per heavy atom. The Bertz CT molecular complexity index is 528. The molecule has 21 heavy (non-hydrogen) atoms. The molecule has 0 saturated carbocycles. The zero-order chi connectivity index (χ0) is 14.8. The van der Waals surface area contributed by atoms with Crippen molar-refractivity contribution in [1.82, 2.24) is 5.32 Å². The van der Waals surface area contributed by atoms with E-state index in [0.29, 0.717) is 12.3 Å². The zero-order valence-corrected chi connectivity index (χ0v) is 12.9. The van der Waals surface area contributed by atoms with E-state index in [1.807, 2.05) is 6.07 Å². The number of nitrogens with zero attached hydrogens (tertiary/aromatic N) is 1. The number of amides is 1. The molecule has 1 aromatic carbocycles. The molecule has 1 N–H and O–H groups in total. The molecule has 0 bridgehead atoms. The maximum absolute atomic E-state index is 11.9. The SMILES string of the molecule is CC(C)CC(=O)NC1CCN(c2cccc3c2CCO3)C1. The Hall–Kier alpha value is -1.71. The summed E-state index contributed by atoms with van der Waals surface area (Å²) in [6.07, 6.45) is 2.63. The molecule has 0 aromatic heterocycles. The molecule has 4 nitrogen and oxygen atoms in total. The predicted molar refractivity (Wildman–Crippen MR) is 83.9 cm³/mol. The Labute approximate surface area is 126 Å². The Morgan fingerprint density at radius 2 is 2.33 bits per heavy atom. The summed E-state index contributed by atoms with van der Waals surface area (Å²) in [7, 11) is 0. The van der Waals surface area contributed by atoms with Crippen LogP contribution in [-0.2, 0) is 11.2 Å². The van der Waals surface area contributed by atoms with Crippen molar-refractivity contribution in [3.8, 4) is 5.75 Å². The highest BCUT2D eigenvalue weighted by atomic mass is 16.5. The fraction of sp³-hybridized carbons (Fsp3) is 0.588. The molecule has 2 aliphatic rings. The molecular weight excluding hydrogens is 264 g/mol. The minimum absolute atomic E-state index is 0.179. The minimum Gasteiger partial charge on any atom is -0.493 e. The molecule has 1 aromatic rings. The third-order valence-corrected chi connectivity index (χ3v) is 4.21. The van der Waals surface area contributed by atoms with Gasteiger partial charge in [-0.25, -0.2) is 0 Å². The van der Waals surface area contributed by atoms with Crippen molar-refractivity contribution >= 4 is 11.6 Å². The second kappa shape index (κ2) is 5.96. The van der Waals surface area contributed by atoms with Gasteiger partial charge < -0.3 is 15.0 Å². The van der Waals surface area contributed by atoms with Crippen LogP contribution >= 0.6 is 0 Å². The molecule has 0 aliphatic carbocycles. The molecule has 114 valence electrons. The summed E-state index contributed by atoms with van der Waals surface area (Å²) in [5, 5.41) is 3.17. The topological polar surface area (TPSA) is 41.6 Å². The lowest BCUT2D eigenvalue weighted by Crippen LogP contribution is -2.37. The van der Waals surface area contributed by atoms with E-state index in [1.165, 1.54) is 11.3 Å². The van der Waals surface area contributed by atoms with Crippen molar-refractivity contribution in [2.24, 2.45) is 5.92 Å². The molecule has 0 spiro atoms. The van der Waals surface area contributed by atoms with Gasteiger partial charge in [-0.05, 0) is 24.5 Å². The summed E-state index contributed by atoms with van der Waals surface area (Å²) < 4.78 is 5.64. The summed E-state index contributed by atoms with van der Waals surface area (Å²) >= 11 is 0. The fourth-order valence-corrected chi connectivity index (χ4v) is 3.25. The Morgan fingerprint density at radius 1 is 1.48 bits per heavy atom. The lowest BCUT2D eigenvalue weighted by Gasteiger charge is -2.21. The molecule has 1 atom stereocenters. The summed E-state index contributed by atoms with van der Waals surface area (Å²) in [5.74, 6) is 1.62. The lowest BCUT2D eigenvalue weighted by atomic mass is 10.1. The summed E-state index contributed by atoms with van der Waals surface area (Å²) in [6.45, 7) is 6.85. The van der Waals surface area contributed by atoms with Gasteiger partial charge in [0, 0.05) is 43.2 Å². The van der Waals surface area contributed by atoms with E-state index in [1.54, 1.807) is 0 Å². The molecule has 0 radical (unpaired) electrons. The first-order chi connectivity index (χ1) is 10.1. The van der Waals surface area contributed by atoms with Crippen LogP contribution in [0, 0.1) is 5.92 Å². The smallest absolute Gasteiger partial charge is 0.220 e. The van der Waals surface area contributed by atoms with Crippen LogP contribution in [0.5, 0.6) is 5.75 Å². The van der Waals surface area contributed by atoms with Gasteiger partial charge in [-0.1, -0.05) is 19.9 Å². The van der Waals surface area contributed by atoms with Gasteiger partial charge >= 0.3 is 0 Å². The highest BCUT2D eigenvalue weighted by Gasteiger charge is 2.27. The lowest BCUT2D eigenvalue weighted by molar-refractivity contribution is -0.122. The van der Waals surface area contributed by atoms with E-state index in [2.05, 4.69) is 36.2 Å². The molecular formula is C17H24N2O2. The predicted octanol–water partition coefficient (Wildman–Crippen LogP) is 2.36. The van der Waals surface area contributed by atoms with E-state index in [9.17, 15) is 4.79 Å². The maximum atomic E-state index is 11.9. The molecule has 2 heterocycles. The van der Waals surface area contributed by atoms with Gasteiger partial charge in [-0.15, -0.1) is 0 Å². The van der Waals surface area contributed by atoms with E-state index in [0.717, 1.165) is 38.3 Å². The van der Waals surface area contributed by atoms with Gasteiger partial charge in [-0.2, -0.15) is 0 Å². The van der Waals surface area contributed by atoms with Crippen LogP contribution in [0.3, 0.4) is 0 Å². The molecule has 1 fully saturated rings. The number of rotatable bonds is 4. The Balaban J connectivity index is 1.63. The summed E-state index contributed by atoms with van der Waals surface area (Å²) in [4.78, 5) is 14.3. The quantitative estimate of drug-likeness (QED) is 0.925. The first-order valence-corrected chi connectivity index (χ1v) is 7.92. The normalized spacial score (nSPS) is 20.5. The maximum Gasteiger partial charge on any atom is 0.220 e. The number of nitrogens with one attached hydrogen (secondary N) is 1. The number of fused-ring (bicyclic) bond motifs is 1. The average molecular weight is 288 g/mol. The van der Waals surface area contributed by atoms with Crippen LogP contribution in [0.1, 0.15) is 32.3 Å².